The van der Waals surface area contributed by atoms with E-state index in [0.29, 0.717) is 25.9 Å². The Balaban J connectivity index is 2.14. The summed E-state index contributed by atoms with van der Waals surface area (Å²) in [6.45, 7) is 0.908. The minimum absolute atomic E-state index is 0.0111. The quantitative estimate of drug-likeness (QED) is 0.764. The van der Waals surface area contributed by atoms with E-state index in [0.717, 1.165) is 0 Å². The van der Waals surface area contributed by atoms with Crippen molar-refractivity contribution >= 4 is 16.3 Å². The van der Waals surface area contributed by atoms with Gasteiger partial charge in [-0.25, -0.2) is 13.1 Å². The monoisotopic (exact) mass is 245 g/mol. The molecule has 6 nitrogen and oxygen atoms in total. The molecular weight excluding hydrogens is 234 g/mol. The van der Waals surface area contributed by atoms with Gasteiger partial charge in [0, 0.05) is 12.6 Å². The summed E-state index contributed by atoms with van der Waals surface area (Å²) in [6.07, 6.45) is 1.10. The summed E-state index contributed by atoms with van der Waals surface area (Å²) in [5, 5.41) is -0.249. The minimum Gasteiger partial charge on any atom is -0.440 e. The molecule has 1 saturated heterocycles. The first-order chi connectivity index (χ1) is 7.62. The maximum atomic E-state index is 11.7. The Bertz CT molecular complexity index is 472. The van der Waals surface area contributed by atoms with E-state index in [1.54, 1.807) is 0 Å². The van der Waals surface area contributed by atoms with Crippen LogP contribution in [-0.2, 0) is 14.8 Å². The molecule has 0 spiro atoms. The highest BCUT2D eigenvalue weighted by Crippen LogP contribution is 2.14. The van der Waals surface area contributed by atoms with E-state index >= 15 is 0 Å². The third-order valence-corrected chi connectivity index (χ3v) is 3.63. The average molecular weight is 245 g/mol. The predicted octanol–water partition coefficient (Wildman–Crippen LogP) is 0.159. The summed E-state index contributed by atoms with van der Waals surface area (Å²) < 4.78 is 35.8. The van der Waals surface area contributed by atoms with E-state index in [-0.39, 0.29) is 16.9 Å². The fraction of sp³-hybridized carbons (Fsp3) is 0.444. The first kappa shape index (κ1) is 11.3. The van der Waals surface area contributed by atoms with Crippen LogP contribution in [0, 0.1) is 0 Å². The van der Waals surface area contributed by atoms with Crippen LogP contribution >= 0.6 is 0 Å². The summed E-state index contributed by atoms with van der Waals surface area (Å²) in [5.74, 6) is -0.0111. The molecule has 0 saturated carbocycles. The second kappa shape index (κ2) is 4.36. The fourth-order valence-electron chi connectivity index (χ4n) is 1.45. The van der Waals surface area contributed by atoms with Gasteiger partial charge < -0.3 is 9.15 Å². The first-order valence-corrected chi connectivity index (χ1v) is 6.25. The highest BCUT2D eigenvalue weighted by atomic mass is 32.2. The van der Waals surface area contributed by atoms with Crippen LogP contribution in [0.25, 0.3) is 0 Å². The maximum Gasteiger partial charge on any atom is 0.274 e. The second-order valence-corrected chi connectivity index (χ2v) is 5.10. The molecule has 88 valence electrons. The molecule has 1 aromatic heterocycles. The zero-order chi connectivity index (χ0) is 11.6. The topological polar surface area (TPSA) is 85.6 Å². The molecule has 7 heteroatoms. The van der Waals surface area contributed by atoms with Gasteiger partial charge in [-0.15, -0.1) is 0 Å². The van der Waals surface area contributed by atoms with Gasteiger partial charge in [0.15, 0.2) is 12.0 Å². The van der Waals surface area contributed by atoms with Gasteiger partial charge in [-0.3, -0.25) is 4.79 Å². The number of hydrogen-bond acceptors (Lipinski definition) is 5. The van der Waals surface area contributed by atoms with Gasteiger partial charge in [0.25, 0.3) is 10.0 Å². The molecule has 0 aromatic carbocycles. The van der Waals surface area contributed by atoms with Crippen LogP contribution in [0.3, 0.4) is 0 Å². The van der Waals surface area contributed by atoms with Gasteiger partial charge in [-0.05, 0) is 18.6 Å². The molecule has 1 N–H and O–H groups in total. The van der Waals surface area contributed by atoms with Gasteiger partial charge >= 0.3 is 0 Å². The van der Waals surface area contributed by atoms with Crippen LogP contribution in [-0.4, -0.2) is 34.0 Å². The smallest absolute Gasteiger partial charge is 0.274 e. The van der Waals surface area contributed by atoms with Gasteiger partial charge in [0.2, 0.25) is 5.09 Å². The molecule has 1 atom stereocenters. The highest BCUT2D eigenvalue weighted by molar-refractivity contribution is 7.89. The molecule has 0 aliphatic carbocycles. The standard InChI is InChI=1S/C9H11NO5S/c11-5-8-1-2-9(15-8)16(12,13)10-7-3-4-14-6-7/h1-2,5,7,10H,3-4,6H2. The molecule has 2 heterocycles. The van der Waals surface area contributed by atoms with Crippen molar-refractivity contribution in [3.63, 3.8) is 0 Å². The molecule has 1 fully saturated rings. The number of carbonyl (C=O) groups excluding carboxylic acids is 1. The number of furan rings is 1. The highest BCUT2D eigenvalue weighted by Gasteiger charge is 2.25. The third-order valence-electron chi connectivity index (χ3n) is 2.23. The van der Waals surface area contributed by atoms with Crippen molar-refractivity contribution in [1.82, 2.24) is 4.72 Å². The number of nitrogens with one attached hydrogen (secondary N) is 1. The molecule has 1 aromatic rings. The third kappa shape index (κ3) is 2.31. The van der Waals surface area contributed by atoms with Gasteiger partial charge in [0.05, 0.1) is 6.61 Å². The van der Waals surface area contributed by atoms with Gasteiger partial charge in [-0.2, -0.15) is 0 Å². The Labute approximate surface area is 92.6 Å². The zero-order valence-electron chi connectivity index (χ0n) is 8.38. The normalized spacial score (nSPS) is 21.1. The van der Waals surface area contributed by atoms with E-state index in [1.807, 2.05) is 0 Å². The summed E-state index contributed by atoms with van der Waals surface area (Å²) in [5.41, 5.74) is 0. The Hall–Kier alpha value is -1.18. The lowest BCUT2D eigenvalue weighted by molar-refractivity contribution is 0.109. The Kier molecular flexibility index (Phi) is 3.08. The Morgan fingerprint density at radius 1 is 1.44 bits per heavy atom. The van der Waals surface area contributed by atoms with Crippen molar-refractivity contribution in [3.8, 4) is 0 Å². The summed E-state index contributed by atoms with van der Waals surface area (Å²) >= 11 is 0. The molecule has 1 aliphatic heterocycles. The molecule has 16 heavy (non-hydrogen) atoms. The van der Waals surface area contributed by atoms with Crippen LogP contribution in [0.4, 0.5) is 0 Å². The van der Waals surface area contributed by atoms with Crippen molar-refractivity contribution in [2.75, 3.05) is 13.2 Å². The predicted molar refractivity (Wildman–Crippen MR) is 53.6 cm³/mol. The van der Waals surface area contributed by atoms with Crippen LogP contribution in [0.5, 0.6) is 0 Å². The largest absolute Gasteiger partial charge is 0.440 e. The van der Waals surface area contributed by atoms with Crippen molar-refractivity contribution < 1.29 is 22.4 Å². The van der Waals surface area contributed by atoms with Crippen molar-refractivity contribution in [2.45, 2.75) is 17.6 Å². The fourth-order valence-corrected chi connectivity index (χ4v) is 2.64. The van der Waals surface area contributed by atoms with E-state index in [9.17, 15) is 13.2 Å². The number of sulfonamides is 1. The number of carbonyl (C=O) groups is 1. The van der Waals surface area contributed by atoms with E-state index in [4.69, 9.17) is 9.15 Å². The minimum atomic E-state index is -3.69. The lowest BCUT2D eigenvalue weighted by Gasteiger charge is -2.08. The van der Waals surface area contributed by atoms with E-state index in [1.165, 1.54) is 12.1 Å². The summed E-state index contributed by atoms with van der Waals surface area (Å²) in [4.78, 5) is 10.4. The summed E-state index contributed by atoms with van der Waals surface area (Å²) in [6, 6.07) is 2.34. The van der Waals surface area contributed by atoms with E-state index < -0.39 is 10.0 Å². The lowest BCUT2D eigenvalue weighted by Crippen LogP contribution is -2.34. The maximum absolute atomic E-state index is 11.7. The van der Waals surface area contributed by atoms with Crippen molar-refractivity contribution in [3.05, 3.63) is 17.9 Å². The average Bonchev–Trinajstić information content (AvgIpc) is 2.85. The zero-order valence-corrected chi connectivity index (χ0v) is 9.20. The molecule has 0 amide bonds. The van der Waals surface area contributed by atoms with Crippen LogP contribution in [0.1, 0.15) is 17.0 Å². The van der Waals surface area contributed by atoms with Crippen molar-refractivity contribution in [1.29, 1.82) is 0 Å². The second-order valence-electron chi connectivity index (χ2n) is 3.46. The summed E-state index contributed by atoms with van der Waals surface area (Å²) in [7, 11) is -3.69. The molecule has 0 radical (unpaired) electrons. The number of hydrogen-bond donors (Lipinski definition) is 1. The van der Waals surface area contributed by atoms with E-state index in [2.05, 4.69) is 4.72 Å². The molecule has 0 bridgehead atoms. The first-order valence-electron chi connectivity index (χ1n) is 4.77. The Morgan fingerprint density at radius 2 is 2.25 bits per heavy atom. The van der Waals surface area contributed by atoms with Gasteiger partial charge in [0.1, 0.15) is 0 Å². The Morgan fingerprint density at radius 3 is 2.81 bits per heavy atom. The van der Waals surface area contributed by atoms with Crippen LogP contribution < -0.4 is 4.72 Å². The molecule has 2 rings (SSSR count). The SMILES string of the molecule is O=Cc1ccc(S(=O)(=O)NC2CCOC2)o1. The number of rotatable bonds is 4. The molecule has 1 unspecified atom stereocenters. The van der Waals surface area contributed by atoms with Crippen LogP contribution in [0.15, 0.2) is 21.6 Å². The van der Waals surface area contributed by atoms with Crippen LogP contribution in [0.2, 0.25) is 0 Å². The van der Waals surface area contributed by atoms with Crippen molar-refractivity contribution in [2.24, 2.45) is 0 Å². The number of ether oxygens (including phenoxy) is 1. The number of aldehydes is 1. The molecular formula is C9H11NO5S. The molecule has 1 aliphatic rings. The van der Waals surface area contributed by atoms with Gasteiger partial charge in [-0.1, -0.05) is 0 Å². The lowest BCUT2D eigenvalue weighted by atomic mass is 10.3.